The van der Waals surface area contributed by atoms with Gasteiger partial charge >= 0.3 is 0 Å². The zero-order valence-corrected chi connectivity index (χ0v) is 10.9. The van der Waals surface area contributed by atoms with Crippen molar-refractivity contribution in [2.75, 3.05) is 6.54 Å². The molecule has 4 nitrogen and oxygen atoms in total. The first kappa shape index (κ1) is 15.3. The molecule has 4 heteroatoms. The van der Waals surface area contributed by atoms with Crippen LogP contribution in [0, 0.1) is 0 Å². The maximum absolute atomic E-state index is 12.0. The van der Waals surface area contributed by atoms with E-state index >= 15 is 0 Å². The highest BCUT2D eigenvalue weighted by Gasteiger charge is 2.17. The van der Waals surface area contributed by atoms with E-state index in [4.69, 9.17) is 11.5 Å². The maximum Gasteiger partial charge on any atom is 0.182 e. The number of carbonyl (C=O) groups is 2. The molecule has 1 aromatic rings. The number of unbranched alkanes of at least 4 members (excludes halogenated alkanes) is 1. The van der Waals surface area contributed by atoms with Crippen LogP contribution >= 0.6 is 0 Å². The SMILES string of the molecule is NCCCC[C@@H](N)C(=O)C(C=O)=Cc1ccccc1. The number of hydrogen-bond donors (Lipinski definition) is 2. The molecule has 102 valence electrons. The third-order valence-electron chi connectivity index (χ3n) is 2.84. The molecule has 0 saturated carbocycles. The Kier molecular flexibility index (Phi) is 6.71. The Bertz CT molecular complexity index is 441. The highest BCUT2D eigenvalue weighted by atomic mass is 16.1. The molecule has 0 aliphatic carbocycles. The molecule has 0 spiro atoms. The van der Waals surface area contributed by atoms with Crippen LogP contribution in [0.1, 0.15) is 24.8 Å². The molecular weight excluding hydrogens is 240 g/mol. The Hall–Kier alpha value is -1.78. The van der Waals surface area contributed by atoms with Crippen LogP contribution in [-0.4, -0.2) is 24.7 Å². The normalized spacial score (nSPS) is 13.1. The van der Waals surface area contributed by atoms with Crippen molar-refractivity contribution in [1.29, 1.82) is 0 Å². The number of benzene rings is 1. The molecule has 0 aliphatic rings. The predicted molar refractivity (Wildman–Crippen MR) is 76.4 cm³/mol. The number of rotatable bonds is 8. The number of aldehydes is 1. The molecule has 1 aromatic carbocycles. The average molecular weight is 260 g/mol. The Morgan fingerprint density at radius 1 is 1.21 bits per heavy atom. The van der Waals surface area contributed by atoms with Gasteiger partial charge in [0, 0.05) is 0 Å². The van der Waals surface area contributed by atoms with Crippen LogP contribution in [0.25, 0.3) is 6.08 Å². The first-order valence-corrected chi connectivity index (χ1v) is 6.41. The lowest BCUT2D eigenvalue weighted by Gasteiger charge is -2.09. The minimum atomic E-state index is -0.633. The second-order valence-corrected chi connectivity index (χ2v) is 4.38. The van der Waals surface area contributed by atoms with Gasteiger partial charge in [-0.2, -0.15) is 0 Å². The summed E-state index contributed by atoms with van der Waals surface area (Å²) in [5.74, 6) is -0.309. The smallest absolute Gasteiger partial charge is 0.182 e. The zero-order valence-electron chi connectivity index (χ0n) is 10.9. The standard InChI is InChI=1S/C15H20N2O2/c16-9-5-4-8-14(17)15(19)13(11-18)10-12-6-2-1-3-7-12/h1-3,6-7,10-11,14H,4-5,8-9,16-17H2/t14-/m1/s1. The Balaban J connectivity index is 2.71. The fourth-order valence-corrected chi connectivity index (χ4v) is 1.75. The summed E-state index contributed by atoms with van der Waals surface area (Å²) < 4.78 is 0. The molecule has 0 fully saturated rings. The van der Waals surface area contributed by atoms with Crippen molar-refractivity contribution in [2.45, 2.75) is 25.3 Å². The summed E-state index contributed by atoms with van der Waals surface area (Å²) in [5.41, 5.74) is 12.1. The third kappa shape index (κ3) is 5.16. The second kappa shape index (κ2) is 8.34. The van der Waals surface area contributed by atoms with Crippen molar-refractivity contribution in [2.24, 2.45) is 11.5 Å². The van der Waals surface area contributed by atoms with Crippen LogP contribution < -0.4 is 11.5 Å². The monoisotopic (exact) mass is 260 g/mol. The van der Waals surface area contributed by atoms with E-state index in [9.17, 15) is 9.59 Å². The minimum absolute atomic E-state index is 0.117. The number of ketones is 1. The summed E-state index contributed by atoms with van der Waals surface area (Å²) in [7, 11) is 0. The van der Waals surface area contributed by atoms with Gasteiger partial charge in [-0.05, 0) is 31.0 Å². The van der Waals surface area contributed by atoms with E-state index in [1.807, 2.05) is 30.3 Å². The van der Waals surface area contributed by atoms with Gasteiger partial charge in [-0.1, -0.05) is 36.8 Å². The largest absolute Gasteiger partial charge is 0.330 e. The number of Topliss-reactive ketones (excluding diaryl/α,β-unsaturated/α-hetero) is 1. The summed E-state index contributed by atoms with van der Waals surface area (Å²) in [6.07, 6.45) is 4.31. The zero-order chi connectivity index (χ0) is 14.1. The van der Waals surface area contributed by atoms with E-state index < -0.39 is 6.04 Å². The summed E-state index contributed by atoms with van der Waals surface area (Å²) in [6.45, 7) is 0.585. The molecule has 0 unspecified atom stereocenters. The van der Waals surface area contributed by atoms with Crippen molar-refractivity contribution < 1.29 is 9.59 Å². The molecule has 0 heterocycles. The fraction of sp³-hybridized carbons (Fsp3) is 0.333. The summed E-state index contributed by atoms with van der Waals surface area (Å²) in [5, 5.41) is 0. The van der Waals surface area contributed by atoms with Gasteiger partial charge in [0.15, 0.2) is 12.1 Å². The van der Waals surface area contributed by atoms with Gasteiger partial charge in [0.05, 0.1) is 11.6 Å². The molecule has 0 aromatic heterocycles. The van der Waals surface area contributed by atoms with E-state index in [2.05, 4.69) is 0 Å². The van der Waals surface area contributed by atoms with Crippen molar-refractivity contribution in [3.8, 4) is 0 Å². The van der Waals surface area contributed by atoms with Gasteiger partial charge in [-0.15, -0.1) is 0 Å². The average Bonchev–Trinajstić information content (AvgIpc) is 2.45. The first-order valence-electron chi connectivity index (χ1n) is 6.41. The van der Waals surface area contributed by atoms with Crippen LogP contribution in [0.3, 0.4) is 0 Å². The second-order valence-electron chi connectivity index (χ2n) is 4.38. The van der Waals surface area contributed by atoms with Gasteiger partial charge in [0.2, 0.25) is 0 Å². The van der Waals surface area contributed by atoms with E-state index in [1.165, 1.54) is 0 Å². The maximum atomic E-state index is 12.0. The van der Waals surface area contributed by atoms with E-state index in [0.29, 0.717) is 19.3 Å². The van der Waals surface area contributed by atoms with Gasteiger partial charge < -0.3 is 11.5 Å². The van der Waals surface area contributed by atoms with E-state index in [0.717, 1.165) is 18.4 Å². The quantitative estimate of drug-likeness (QED) is 0.242. The van der Waals surface area contributed by atoms with Crippen molar-refractivity contribution in [3.63, 3.8) is 0 Å². The number of nitrogens with two attached hydrogens (primary N) is 2. The highest BCUT2D eigenvalue weighted by molar-refractivity contribution is 6.17. The van der Waals surface area contributed by atoms with Crippen molar-refractivity contribution in [3.05, 3.63) is 41.5 Å². The molecule has 0 aliphatic heterocycles. The van der Waals surface area contributed by atoms with Crippen LogP contribution in [-0.2, 0) is 9.59 Å². The lowest BCUT2D eigenvalue weighted by molar-refractivity contribution is -0.118. The fourth-order valence-electron chi connectivity index (χ4n) is 1.75. The van der Waals surface area contributed by atoms with Crippen molar-refractivity contribution >= 4 is 18.1 Å². The third-order valence-corrected chi connectivity index (χ3v) is 2.84. The summed E-state index contributed by atoms with van der Waals surface area (Å²) >= 11 is 0. The number of hydrogen-bond acceptors (Lipinski definition) is 4. The van der Waals surface area contributed by atoms with E-state index in [1.54, 1.807) is 6.08 Å². The Morgan fingerprint density at radius 3 is 2.47 bits per heavy atom. The van der Waals surface area contributed by atoms with Gasteiger partial charge in [0.25, 0.3) is 0 Å². The molecule has 0 bridgehead atoms. The van der Waals surface area contributed by atoms with Crippen LogP contribution in [0.15, 0.2) is 35.9 Å². The van der Waals surface area contributed by atoms with E-state index in [-0.39, 0.29) is 11.4 Å². The number of carbonyl (C=O) groups excluding carboxylic acids is 2. The minimum Gasteiger partial charge on any atom is -0.330 e. The summed E-state index contributed by atoms with van der Waals surface area (Å²) in [6, 6.07) is 8.60. The lowest BCUT2D eigenvalue weighted by atomic mass is 9.99. The van der Waals surface area contributed by atoms with Gasteiger partial charge in [0.1, 0.15) is 0 Å². The first-order chi connectivity index (χ1) is 9.19. The molecule has 1 atom stereocenters. The van der Waals surface area contributed by atoms with Crippen LogP contribution in [0.2, 0.25) is 0 Å². The molecular formula is C15H20N2O2. The van der Waals surface area contributed by atoms with Gasteiger partial charge in [-0.3, -0.25) is 9.59 Å². The molecule has 0 amide bonds. The molecule has 1 rings (SSSR count). The van der Waals surface area contributed by atoms with Gasteiger partial charge in [-0.25, -0.2) is 0 Å². The molecule has 0 radical (unpaired) electrons. The summed E-state index contributed by atoms with van der Waals surface area (Å²) in [4.78, 5) is 23.0. The topological polar surface area (TPSA) is 86.2 Å². The Morgan fingerprint density at radius 2 is 1.89 bits per heavy atom. The molecule has 4 N–H and O–H groups in total. The van der Waals surface area contributed by atoms with Crippen LogP contribution in [0.5, 0.6) is 0 Å². The Labute approximate surface area is 113 Å². The van der Waals surface area contributed by atoms with Crippen molar-refractivity contribution in [1.82, 2.24) is 0 Å². The predicted octanol–water partition coefficient (Wildman–Crippen LogP) is 1.29. The highest BCUT2D eigenvalue weighted by Crippen LogP contribution is 2.09. The molecule has 19 heavy (non-hydrogen) atoms. The molecule has 0 saturated heterocycles. The van der Waals surface area contributed by atoms with Crippen LogP contribution in [0.4, 0.5) is 0 Å². The lowest BCUT2D eigenvalue weighted by Crippen LogP contribution is -2.32.